The Labute approximate surface area is 247 Å². The van der Waals surface area contributed by atoms with Crippen LogP contribution in [0.2, 0.25) is 0 Å². The van der Waals surface area contributed by atoms with Gasteiger partial charge in [-0.1, -0.05) is 66.7 Å². The Hall–Kier alpha value is -5.38. The number of nitrogens with zero attached hydrogens (tertiary/aromatic N) is 6. The van der Waals surface area contributed by atoms with Gasteiger partial charge >= 0.3 is 5.97 Å². The van der Waals surface area contributed by atoms with E-state index in [0.717, 1.165) is 46.5 Å². The zero-order valence-corrected chi connectivity index (χ0v) is 23.6. The maximum absolute atomic E-state index is 14.0. The number of esters is 1. The molecule has 0 atom stereocenters. The Morgan fingerprint density at radius 2 is 1.72 bits per heavy atom. The monoisotopic (exact) mass is 571 g/mol. The van der Waals surface area contributed by atoms with Crippen LogP contribution in [0.3, 0.4) is 0 Å². The van der Waals surface area contributed by atoms with Gasteiger partial charge in [-0.15, -0.1) is 10.2 Å². The number of aromatic nitrogens is 7. The third-order valence-corrected chi connectivity index (χ3v) is 7.81. The van der Waals surface area contributed by atoms with Gasteiger partial charge in [-0.3, -0.25) is 4.79 Å². The van der Waals surface area contributed by atoms with E-state index in [1.165, 1.54) is 0 Å². The number of imidazole rings is 1. The Bertz CT molecular complexity index is 1990. The number of hydrogen-bond donors (Lipinski definition) is 1. The Balaban J connectivity index is 1.23. The van der Waals surface area contributed by atoms with Gasteiger partial charge in [-0.05, 0) is 59.4 Å². The average Bonchev–Trinajstić information content (AvgIpc) is 3.59. The molecule has 1 N–H and O–H groups in total. The molecule has 0 saturated heterocycles. The van der Waals surface area contributed by atoms with Crippen molar-refractivity contribution < 1.29 is 9.53 Å². The minimum absolute atomic E-state index is 0.138. The number of aromatic amines is 1. The van der Waals surface area contributed by atoms with Crippen molar-refractivity contribution >= 4 is 17.0 Å². The van der Waals surface area contributed by atoms with Crippen molar-refractivity contribution in [2.75, 3.05) is 6.61 Å². The summed E-state index contributed by atoms with van der Waals surface area (Å²) in [6.07, 6.45) is 3.89. The third-order valence-electron chi connectivity index (χ3n) is 7.81. The predicted molar refractivity (Wildman–Crippen MR) is 162 cm³/mol. The van der Waals surface area contributed by atoms with Gasteiger partial charge in [0.05, 0.1) is 24.2 Å². The van der Waals surface area contributed by atoms with Gasteiger partial charge in [0.2, 0.25) is 5.82 Å². The zero-order chi connectivity index (χ0) is 29.3. The first-order valence-electron chi connectivity index (χ1n) is 14.4. The number of carbonyl (C=O) groups is 1. The van der Waals surface area contributed by atoms with Gasteiger partial charge in [-0.2, -0.15) is 5.21 Å². The predicted octanol–water partition coefficient (Wildman–Crippen LogP) is 5.20. The Kier molecular flexibility index (Phi) is 6.86. The van der Waals surface area contributed by atoms with Crippen LogP contribution in [0.15, 0.2) is 89.9 Å². The van der Waals surface area contributed by atoms with Crippen molar-refractivity contribution in [2.45, 2.75) is 38.8 Å². The fourth-order valence-corrected chi connectivity index (χ4v) is 5.56. The number of tetrazole rings is 1. The first kappa shape index (κ1) is 26.5. The van der Waals surface area contributed by atoms with Crippen LogP contribution in [0.25, 0.3) is 33.5 Å². The quantitative estimate of drug-likeness (QED) is 0.237. The molecule has 0 unspecified atom stereocenters. The van der Waals surface area contributed by atoms with Crippen LogP contribution in [-0.2, 0) is 17.8 Å². The van der Waals surface area contributed by atoms with Crippen molar-refractivity contribution in [3.63, 3.8) is 0 Å². The molecule has 0 bridgehead atoms. The minimum Gasteiger partial charge on any atom is -0.462 e. The lowest BCUT2D eigenvalue weighted by molar-refractivity contribution is 0.0525. The standard InChI is InChI=1S/C33H29N7O3/c1-2-43-33(42)26-9-4-3-7-24(26)20-39-18-17-28-29(32(39)41)40(31(34-28)23-15-16-23)19-21-11-13-22(14-12-21)25-8-5-6-10-27(25)30-35-37-38-36-30/h3-14,17-18,23H,2,15-16,19-20H2,1H3,(H,35,36,37,38). The second-order valence-corrected chi connectivity index (χ2v) is 10.7. The van der Waals surface area contributed by atoms with Crippen LogP contribution in [0.5, 0.6) is 0 Å². The zero-order valence-electron chi connectivity index (χ0n) is 23.6. The highest BCUT2D eigenvalue weighted by molar-refractivity contribution is 5.91. The van der Waals surface area contributed by atoms with E-state index in [4.69, 9.17) is 9.72 Å². The summed E-state index contributed by atoms with van der Waals surface area (Å²) >= 11 is 0. The number of fused-ring (bicyclic) bond motifs is 1. The van der Waals surface area contributed by atoms with Crippen molar-refractivity contribution in [3.8, 4) is 22.5 Å². The molecule has 0 amide bonds. The summed E-state index contributed by atoms with van der Waals surface area (Å²) < 4.78 is 8.96. The molecule has 0 radical (unpaired) electrons. The fraction of sp³-hybridized carbons (Fsp3) is 0.212. The number of carbonyl (C=O) groups excluding carboxylic acids is 1. The smallest absolute Gasteiger partial charge is 0.338 e. The molecule has 10 heteroatoms. The largest absolute Gasteiger partial charge is 0.462 e. The highest BCUT2D eigenvalue weighted by Gasteiger charge is 2.30. The van der Waals surface area contributed by atoms with Gasteiger partial charge < -0.3 is 13.9 Å². The number of hydrogen-bond acceptors (Lipinski definition) is 7. The van der Waals surface area contributed by atoms with Crippen molar-refractivity contribution in [3.05, 3.63) is 118 Å². The van der Waals surface area contributed by atoms with E-state index in [1.54, 1.807) is 29.8 Å². The molecular weight excluding hydrogens is 542 g/mol. The van der Waals surface area contributed by atoms with E-state index >= 15 is 0 Å². The van der Waals surface area contributed by atoms with Crippen LogP contribution in [0, 0.1) is 0 Å². The molecular formula is C33H29N7O3. The summed E-state index contributed by atoms with van der Waals surface area (Å²) in [7, 11) is 0. The van der Waals surface area contributed by atoms with Gasteiger partial charge in [0.25, 0.3) is 5.56 Å². The molecule has 1 aliphatic carbocycles. The van der Waals surface area contributed by atoms with E-state index in [9.17, 15) is 9.59 Å². The molecule has 214 valence electrons. The van der Waals surface area contributed by atoms with Crippen molar-refractivity contribution in [1.29, 1.82) is 0 Å². The Morgan fingerprint density at radius 1 is 0.953 bits per heavy atom. The average molecular weight is 572 g/mol. The minimum atomic E-state index is -0.392. The number of pyridine rings is 1. The molecule has 3 aromatic heterocycles. The summed E-state index contributed by atoms with van der Waals surface area (Å²) in [6, 6.07) is 25.4. The fourth-order valence-electron chi connectivity index (χ4n) is 5.56. The topological polar surface area (TPSA) is 121 Å². The number of benzene rings is 3. The van der Waals surface area contributed by atoms with Gasteiger partial charge in [0.1, 0.15) is 11.3 Å². The van der Waals surface area contributed by atoms with Gasteiger partial charge in [0, 0.05) is 24.2 Å². The number of nitrogens with one attached hydrogen (secondary N) is 1. The van der Waals surface area contributed by atoms with Gasteiger partial charge in [-0.25, -0.2) is 9.78 Å². The van der Waals surface area contributed by atoms with E-state index in [-0.39, 0.29) is 18.7 Å². The number of ether oxygens (including phenoxy) is 1. The lowest BCUT2D eigenvalue weighted by Crippen LogP contribution is -2.23. The summed E-state index contributed by atoms with van der Waals surface area (Å²) in [5.41, 5.74) is 6.31. The molecule has 0 spiro atoms. The van der Waals surface area contributed by atoms with Crippen LogP contribution in [-0.4, -0.2) is 47.3 Å². The molecule has 7 rings (SSSR count). The van der Waals surface area contributed by atoms with Crippen LogP contribution < -0.4 is 5.56 Å². The molecule has 6 aromatic rings. The molecule has 1 aliphatic rings. The molecule has 43 heavy (non-hydrogen) atoms. The molecule has 1 saturated carbocycles. The van der Waals surface area contributed by atoms with Crippen LogP contribution in [0.4, 0.5) is 0 Å². The van der Waals surface area contributed by atoms with Crippen molar-refractivity contribution in [1.82, 2.24) is 34.7 Å². The highest BCUT2D eigenvalue weighted by atomic mass is 16.5. The lowest BCUT2D eigenvalue weighted by Gasteiger charge is -2.13. The summed E-state index contributed by atoms with van der Waals surface area (Å²) in [5.74, 6) is 1.45. The van der Waals surface area contributed by atoms with E-state index in [0.29, 0.717) is 34.9 Å². The molecule has 3 aromatic carbocycles. The lowest BCUT2D eigenvalue weighted by atomic mass is 9.98. The second-order valence-electron chi connectivity index (χ2n) is 10.7. The molecule has 0 aliphatic heterocycles. The van der Waals surface area contributed by atoms with Gasteiger partial charge in [0.15, 0.2) is 0 Å². The van der Waals surface area contributed by atoms with Crippen LogP contribution in [0.1, 0.15) is 53.0 Å². The second kappa shape index (κ2) is 11.1. The normalized spacial score (nSPS) is 13.0. The molecule has 10 nitrogen and oxygen atoms in total. The van der Waals surface area contributed by atoms with E-state index in [2.05, 4.69) is 49.5 Å². The van der Waals surface area contributed by atoms with Crippen molar-refractivity contribution in [2.24, 2.45) is 0 Å². The van der Waals surface area contributed by atoms with E-state index in [1.807, 2.05) is 42.5 Å². The van der Waals surface area contributed by atoms with Crippen LogP contribution >= 0.6 is 0 Å². The highest BCUT2D eigenvalue weighted by Crippen LogP contribution is 2.40. The number of H-pyrrole nitrogens is 1. The van der Waals surface area contributed by atoms with E-state index < -0.39 is 5.97 Å². The molecule has 1 fully saturated rings. The summed E-state index contributed by atoms with van der Waals surface area (Å²) in [4.78, 5) is 31.4. The Morgan fingerprint density at radius 3 is 2.47 bits per heavy atom. The maximum atomic E-state index is 14.0. The number of rotatable bonds is 9. The first-order valence-corrected chi connectivity index (χ1v) is 14.4. The SMILES string of the molecule is CCOC(=O)c1ccccc1Cn1ccc2nc(C3CC3)n(Cc3ccc(-c4ccccc4-c4nn[nH]n4)cc3)c2c1=O. The third kappa shape index (κ3) is 5.12. The summed E-state index contributed by atoms with van der Waals surface area (Å²) in [5, 5.41) is 14.5. The summed E-state index contributed by atoms with van der Waals surface area (Å²) in [6.45, 7) is 2.84. The first-order chi connectivity index (χ1) is 21.1. The molecule has 3 heterocycles. The maximum Gasteiger partial charge on any atom is 0.338 e.